The zero-order valence-corrected chi connectivity index (χ0v) is 20.4. The second-order valence-electron chi connectivity index (χ2n) is 9.38. The number of imide groups is 1. The number of pyridine rings is 2. The molecule has 36 heavy (non-hydrogen) atoms. The third kappa shape index (κ3) is 3.08. The number of aryl methyl sites for hydroxylation is 2. The highest BCUT2D eigenvalue weighted by atomic mass is 16.2. The number of hydrogen-bond acceptors (Lipinski definition) is 5. The van der Waals surface area contributed by atoms with E-state index in [1.807, 2.05) is 6.07 Å². The van der Waals surface area contributed by atoms with E-state index in [2.05, 4.69) is 18.8 Å². The fourth-order valence-electron chi connectivity index (χ4n) is 5.41. The lowest BCUT2D eigenvalue weighted by Crippen LogP contribution is -2.41. The SMILES string of the molecule is CCCCc1nc2c3ccc4c5c(ccc(c(=O)n2c1CCCC)c53)C(=O)N(c1ccccn1)C4=O. The van der Waals surface area contributed by atoms with E-state index in [9.17, 15) is 14.4 Å². The zero-order valence-electron chi connectivity index (χ0n) is 20.4. The van der Waals surface area contributed by atoms with Crippen LogP contribution in [0.25, 0.3) is 27.2 Å². The summed E-state index contributed by atoms with van der Waals surface area (Å²) in [4.78, 5) is 51.2. The van der Waals surface area contributed by atoms with E-state index < -0.39 is 11.8 Å². The number of anilines is 1. The summed E-state index contributed by atoms with van der Waals surface area (Å²) in [5, 5.41) is 2.46. The van der Waals surface area contributed by atoms with Crippen molar-refractivity contribution >= 4 is 44.8 Å². The Bertz CT molecular complexity index is 1700. The molecule has 0 bridgehead atoms. The number of carbonyl (C=O) groups is 2. The third-order valence-electron chi connectivity index (χ3n) is 7.17. The van der Waals surface area contributed by atoms with Gasteiger partial charge in [0.15, 0.2) is 0 Å². The van der Waals surface area contributed by atoms with Gasteiger partial charge < -0.3 is 0 Å². The fourth-order valence-corrected chi connectivity index (χ4v) is 5.41. The minimum Gasteiger partial charge on any atom is -0.268 e. The molecule has 0 N–H and O–H groups in total. The van der Waals surface area contributed by atoms with Gasteiger partial charge >= 0.3 is 0 Å². The molecule has 0 unspecified atom stereocenters. The largest absolute Gasteiger partial charge is 0.268 e. The van der Waals surface area contributed by atoms with E-state index in [1.165, 1.54) is 0 Å². The Kier molecular flexibility index (Phi) is 5.29. The van der Waals surface area contributed by atoms with Gasteiger partial charge in [0.05, 0.1) is 5.69 Å². The maximum atomic E-state index is 13.9. The van der Waals surface area contributed by atoms with E-state index in [1.54, 1.807) is 47.0 Å². The lowest BCUT2D eigenvalue weighted by molar-refractivity contribution is 0.0892. The Morgan fingerprint density at radius 1 is 0.778 bits per heavy atom. The van der Waals surface area contributed by atoms with Gasteiger partial charge in [0, 0.05) is 44.6 Å². The summed E-state index contributed by atoms with van der Waals surface area (Å²) in [6.07, 6.45) is 7.21. The number of benzene rings is 2. The number of imidazole rings is 1. The molecule has 2 aromatic carbocycles. The summed E-state index contributed by atoms with van der Waals surface area (Å²) < 4.78 is 1.77. The number of rotatable bonds is 7. The average molecular weight is 479 g/mol. The van der Waals surface area contributed by atoms with Crippen molar-refractivity contribution in [3.63, 3.8) is 0 Å². The standard InChI is InChI=1S/C29H26N4O3/c1-3-5-9-21-22(10-6-4-2)32-26(31-21)17-12-13-19-25-20(15-14-18(24(17)25)27(32)34)29(36)33(28(19)35)23-11-7-8-16-30-23/h7-8,11-16H,3-6,9-10H2,1-2H3. The van der Waals surface area contributed by atoms with Gasteiger partial charge in [-0.15, -0.1) is 0 Å². The van der Waals surface area contributed by atoms with Crippen LogP contribution in [0, 0.1) is 0 Å². The Labute approximate surface area is 207 Å². The van der Waals surface area contributed by atoms with Crippen molar-refractivity contribution in [1.29, 1.82) is 0 Å². The van der Waals surface area contributed by atoms with Crippen molar-refractivity contribution < 1.29 is 9.59 Å². The van der Waals surface area contributed by atoms with Crippen LogP contribution in [0.5, 0.6) is 0 Å². The fraction of sp³-hybridized carbons (Fsp3) is 0.276. The van der Waals surface area contributed by atoms with E-state index in [0.29, 0.717) is 32.9 Å². The number of hydrogen-bond donors (Lipinski definition) is 0. The van der Waals surface area contributed by atoms with E-state index in [0.717, 1.165) is 60.2 Å². The molecule has 4 heterocycles. The molecule has 2 amide bonds. The Balaban J connectivity index is 1.66. The average Bonchev–Trinajstić information content (AvgIpc) is 3.27. The van der Waals surface area contributed by atoms with Gasteiger partial charge in [-0.3, -0.25) is 18.8 Å². The number of nitrogens with zero attached hydrogens (tertiary/aromatic N) is 4. The predicted octanol–water partition coefficient (Wildman–Crippen LogP) is 5.32. The summed E-state index contributed by atoms with van der Waals surface area (Å²) in [6.45, 7) is 4.29. The van der Waals surface area contributed by atoms with Crippen LogP contribution < -0.4 is 10.5 Å². The van der Waals surface area contributed by atoms with Gasteiger partial charge in [0.25, 0.3) is 17.4 Å². The summed E-state index contributed by atoms with van der Waals surface area (Å²) in [5.74, 6) is -0.605. The monoisotopic (exact) mass is 478 g/mol. The molecule has 3 aromatic heterocycles. The minimum absolute atomic E-state index is 0.144. The Morgan fingerprint density at radius 3 is 2.14 bits per heavy atom. The van der Waals surface area contributed by atoms with Crippen LogP contribution in [-0.4, -0.2) is 26.2 Å². The molecule has 0 aliphatic carbocycles. The summed E-state index contributed by atoms with van der Waals surface area (Å²) in [5.41, 5.74) is 3.20. The van der Waals surface area contributed by atoms with Crippen LogP contribution in [0.15, 0.2) is 53.5 Å². The van der Waals surface area contributed by atoms with Crippen LogP contribution in [0.2, 0.25) is 0 Å². The molecule has 180 valence electrons. The van der Waals surface area contributed by atoms with Crippen LogP contribution >= 0.6 is 0 Å². The molecular formula is C29H26N4O3. The molecule has 0 radical (unpaired) electrons. The van der Waals surface area contributed by atoms with Crippen molar-refractivity contribution in [2.75, 3.05) is 4.90 Å². The van der Waals surface area contributed by atoms with Crippen LogP contribution in [0.1, 0.15) is 71.6 Å². The molecule has 7 heteroatoms. The highest BCUT2D eigenvalue weighted by Gasteiger charge is 2.36. The first-order chi connectivity index (χ1) is 17.6. The Morgan fingerprint density at radius 2 is 1.47 bits per heavy atom. The smallest absolute Gasteiger partial charge is 0.267 e. The molecule has 0 saturated carbocycles. The van der Waals surface area contributed by atoms with Crippen LogP contribution in [0.4, 0.5) is 5.82 Å². The normalized spacial score (nSPS) is 13.6. The summed E-state index contributed by atoms with van der Waals surface area (Å²) in [7, 11) is 0. The number of fused-ring (bicyclic) bond motifs is 2. The zero-order chi connectivity index (χ0) is 25.0. The van der Waals surface area contributed by atoms with E-state index in [4.69, 9.17) is 4.98 Å². The molecular weight excluding hydrogens is 452 g/mol. The van der Waals surface area contributed by atoms with Crippen molar-refractivity contribution in [2.24, 2.45) is 0 Å². The first-order valence-corrected chi connectivity index (χ1v) is 12.6. The number of aromatic nitrogens is 3. The first-order valence-electron chi connectivity index (χ1n) is 12.6. The lowest BCUT2D eigenvalue weighted by Gasteiger charge is -2.27. The minimum atomic E-state index is -0.441. The topological polar surface area (TPSA) is 84.6 Å². The Hall–Kier alpha value is -4.13. The number of unbranched alkanes of at least 4 members (excludes halogenated alkanes) is 2. The molecule has 1 aliphatic rings. The number of carbonyl (C=O) groups excluding carboxylic acids is 2. The molecule has 1 aliphatic heterocycles. The van der Waals surface area contributed by atoms with Gasteiger partial charge in [-0.1, -0.05) is 32.8 Å². The third-order valence-corrected chi connectivity index (χ3v) is 7.17. The van der Waals surface area contributed by atoms with Crippen molar-refractivity contribution in [2.45, 2.75) is 52.4 Å². The van der Waals surface area contributed by atoms with Crippen molar-refractivity contribution in [1.82, 2.24) is 14.4 Å². The maximum Gasteiger partial charge on any atom is 0.267 e. The molecule has 0 atom stereocenters. The van der Waals surface area contributed by atoms with Gasteiger partial charge in [-0.05, 0) is 62.1 Å². The van der Waals surface area contributed by atoms with E-state index in [-0.39, 0.29) is 11.4 Å². The lowest BCUT2D eigenvalue weighted by atomic mass is 9.90. The molecule has 0 fully saturated rings. The van der Waals surface area contributed by atoms with Gasteiger partial charge in [0.1, 0.15) is 11.5 Å². The van der Waals surface area contributed by atoms with Crippen LogP contribution in [0.3, 0.4) is 0 Å². The van der Waals surface area contributed by atoms with Gasteiger partial charge in [0.2, 0.25) is 0 Å². The first kappa shape index (κ1) is 22.3. The molecule has 7 nitrogen and oxygen atoms in total. The second kappa shape index (κ2) is 8.52. The number of amides is 2. The predicted molar refractivity (Wildman–Crippen MR) is 140 cm³/mol. The summed E-state index contributed by atoms with van der Waals surface area (Å²) in [6, 6.07) is 12.1. The van der Waals surface area contributed by atoms with Crippen molar-refractivity contribution in [3.05, 3.63) is 81.5 Å². The van der Waals surface area contributed by atoms with Crippen molar-refractivity contribution in [3.8, 4) is 0 Å². The highest BCUT2D eigenvalue weighted by molar-refractivity contribution is 6.38. The molecule has 6 rings (SSSR count). The van der Waals surface area contributed by atoms with Gasteiger partial charge in [-0.2, -0.15) is 0 Å². The summed E-state index contributed by atoms with van der Waals surface area (Å²) >= 11 is 0. The quantitative estimate of drug-likeness (QED) is 0.296. The van der Waals surface area contributed by atoms with E-state index >= 15 is 0 Å². The van der Waals surface area contributed by atoms with Gasteiger partial charge in [-0.25, -0.2) is 14.9 Å². The highest BCUT2D eigenvalue weighted by Crippen LogP contribution is 2.38. The molecule has 0 saturated heterocycles. The van der Waals surface area contributed by atoms with Crippen LogP contribution in [-0.2, 0) is 12.8 Å². The second-order valence-corrected chi connectivity index (χ2v) is 9.38. The maximum absolute atomic E-state index is 13.9. The molecule has 0 spiro atoms. The molecule has 5 aromatic rings.